The van der Waals surface area contributed by atoms with E-state index in [0.717, 1.165) is 35.3 Å². The van der Waals surface area contributed by atoms with E-state index in [1.807, 2.05) is 30.3 Å². The van der Waals surface area contributed by atoms with Gasteiger partial charge in [-0.3, -0.25) is 0 Å². The lowest BCUT2D eigenvalue weighted by Crippen LogP contribution is -2.41. The summed E-state index contributed by atoms with van der Waals surface area (Å²) in [5, 5.41) is 6.77. The van der Waals surface area contributed by atoms with Gasteiger partial charge in [0.2, 0.25) is 0 Å². The molecule has 0 saturated carbocycles. The molecule has 2 aromatic carbocycles. The van der Waals surface area contributed by atoms with Gasteiger partial charge in [0.15, 0.2) is 5.96 Å². The largest absolute Gasteiger partial charge is 0.497 e. The van der Waals surface area contributed by atoms with E-state index < -0.39 is 0 Å². The molecule has 7 heteroatoms. The second-order valence-electron chi connectivity index (χ2n) is 7.01. The smallest absolute Gasteiger partial charge is 0.191 e. The highest BCUT2D eigenvalue weighted by atomic mass is 16.5. The van der Waals surface area contributed by atoms with Crippen molar-refractivity contribution in [3.05, 3.63) is 53.6 Å². The van der Waals surface area contributed by atoms with Crippen LogP contribution < -0.4 is 24.8 Å². The van der Waals surface area contributed by atoms with Gasteiger partial charge < -0.3 is 29.7 Å². The van der Waals surface area contributed by atoms with Gasteiger partial charge in [-0.15, -0.1) is 0 Å². The van der Waals surface area contributed by atoms with Crippen molar-refractivity contribution >= 4 is 5.96 Å². The number of aliphatic imine (C=N–C) groups is 1. The zero-order chi connectivity index (χ0) is 21.9. The van der Waals surface area contributed by atoms with Crippen molar-refractivity contribution in [2.45, 2.75) is 19.5 Å². The summed E-state index contributed by atoms with van der Waals surface area (Å²) in [5.74, 6) is 3.14. The third kappa shape index (κ3) is 6.56. The predicted molar refractivity (Wildman–Crippen MR) is 122 cm³/mol. The molecule has 0 aliphatic rings. The average Bonchev–Trinajstić information content (AvgIpc) is 2.77. The van der Waals surface area contributed by atoms with E-state index in [2.05, 4.69) is 48.7 Å². The van der Waals surface area contributed by atoms with Crippen LogP contribution in [0.4, 0.5) is 0 Å². The van der Waals surface area contributed by atoms with Crippen molar-refractivity contribution < 1.29 is 14.2 Å². The van der Waals surface area contributed by atoms with Crippen LogP contribution in [0.5, 0.6) is 17.2 Å². The Morgan fingerprint density at radius 2 is 1.60 bits per heavy atom. The minimum absolute atomic E-state index is 0.190. The highest BCUT2D eigenvalue weighted by Crippen LogP contribution is 2.25. The number of guanidine groups is 1. The minimum Gasteiger partial charge on any atom is -0.497 e. The normalized spacial score (nSPS) is 12.4. The number of likely N-dealkylation sites (N-methyl/N-ethyl adjacent to an activating group) is 1. The Kier molecular flexibility index (Phi) is 9.28. The van der Waals surface area contributed by atoms with Crippen LogP contribution in [0.2, 0.25) is 0 Å². The SMILES string of the molecule is CCNC(=NCc1ccc(OC)cc1OC)NCC(c1ccc(OC)cc1)N(C)C. The molecule has 0 aliphatic carbocycles. The molecule has 0 heterocycles. The lowest BCUT2D eigenvalue weighted by molar-refractivity contribution is 0.298. The molecule has 0 fully saturated rings. The van der Waals surface area contributed by atoms with Crippen LogP contribution in [0.3, 0.4) is 0 Å². The third-order valence-corrected chi connectivity index (χ3v) is 4.83. The lowest BCUT2D eigenvalue weighted by Gasteiger charge is -2.26. The number of hydrogen-bond acceptors (Lipinski definition) is 5. The van der Waals surface area contributed by atoms with Crippen LogP contribution in [-0.2, 0) is 6.54 Å². The Morgan fingerprint density at radius 3 is 2.17 bits per heavy atom. The first kappa shape index (κ1) is 23.3. The van der Waals surface area contributed by atoms with Gasteiger partial charge in [0.25, 0.3) is 0 Å². The van der Waals surface area contributed by atoms with Crippen LogP contribution in [0.25, 0.3) is 0 Å². The van der Waals surface area contributed by atoms with Gasteiger partial charge in [-0.05, 0) is 50.8 Å². The van der Waals surface area contributed by atoms with Crippen molar-refractivity contribution in [1.82, 2.24) is 15.5 Å². The monoisotopic (exact) mass is 414 g/mol. The molecule has 1 atom stereocenters. The van der Waals surface area contributed by atoms with Gasteiger partial charge in [0.1, 0.15) is 17.2 Å². The number of methoxy groups -OCH3 is 3. The molecule has 0 amide bonds. The maximum Gasteiger partial charge on any atom is 0.191 e. The molecule has 0 spiro atoms. The summed E-state index contributed by atoms with van der Waals surface area (Å²) in [5.41, 5.74) is 2.20. The van der Waals surface area contributed by atoms with Crippen LogP contribution >= 0.6 is 0 Å². The molecule has 0 radical (unpaired) electrons. The van der Waals surface area contributed by atoms with E-state index in [1.165, 1.54) is 5.56 Å². The molecule has 164 valence electrons. The number of benzene rings is 2. The molecule has 0 aliphatic heterocycles. The van der Waals surface area contributed by atoms with Crippen LogP contribution in [0.1, 0.15) is 24.1 Å². The van der Waals surface area contributed by atoms with E-state index in [-0.39, 0.29) is 6.04 Å². The van der Waals surface area contributed by atoms with E-state index in [4.69, 9.17) is 19.2 Å². The van der Waals surface area contributed by atoms with Gasteiger partial charge >= 0.3 is 0 Å². The molecule has 0 bridgehead atoms. The summed E-state index contributed by atoms with van der Waals surface area (Å²) in [6.45, 7) is 4.04. The van der Waals surface area contributed by atoms with E-state index in [9.17, 15) is 0 Å². The zero-order valence-electron chi connectivity index (χ0n) is 18.9. The fourth-order valence-corrected chi connectivity index (χ4v) is 3.11. The van der Waals surface area contributed by atoms with Gasteiger partial charge in [0, 0.05) is 24.7 Å². The summed E-state index contributed by atoms with van der Waals surface area (Å²) >= 11 is 0. The fraction of sp³-hybridized carbons (Fsp3) is 0.435. The number of hydrogen-bond donors (Lipinski definition) is 2. The first-order chi connectivity index (χ1) is 14.5. The van der Waals surface area contributed by atoms with E-state index in [0.29, 0.717) is 13.1 Å². The maximum absolute atomic E-state index is 5.48. The Bertz CT molecular complexity index is 807. The van der Waals surface area contributed by atoms with Crippen molar-refractivity contribution in [2.24, 2.45) is 4.99 Å². The van der Waals surface area contributed by atoms with Crippen molar-refractivity contribution in [2.75, 3.05) is 48.5 Å². The highest BCUT2D eigenvalue weighted by molar-refractivity contribution is 5.79. The Labute approximate surface area is 180 Å². The first-order valence-corrected chi connectivity index (χ1v) is 10.1. The van der Waals surface area contributed by atoms with E-state index >= 15 is 0 Å². The van der Waals surface area contributed by atoms with Crippen molar-refractivity contribution in [3.8, 4) is 17.2 Å². The molecule has 7 nitrogen and oxygen atoms in total. The topological polar surface area (TPSA) is 67.4 Å². The summed E-state index contributed by atoms with van der Waals surface area (Å²) < 4.78 is 16.0. The lowest BCUT2D eigenvalue weighted by atomic mass is 10.1. The fourth-order valence-electron chi connectivity index (χ4n) is 3.11. The zero-order valence-corrected chi connectivity index (χ0v) is 18.9. The third-order valence-electron chi connectivity index (χ3n) is 4.83. The molecule has 2 aromatic rings. The second-order valence-corrected chi connectivity index (χ2v) is 7.01. The summed E-state index contributed by atoms with van der Waals surface area (Å²) in [4.78, 5) is 6.92. The molecule has 0 aromatic heterocycles. The maximum atomic E-state index is 5.48. The molecular formula is C23H34N4O3. The number of ether oxygens (including phenoxy) is 3. The van der Waals surface area contributed by atoms with Gasteiger partial charge in [0.05, 0.1) is 33.9 Å². The quantitative estimate of drug-likeness (QED) is 0.460. The predicted octanol–water partition coefficient (Wildman–Crippen LogP) is 3.07. The number of nitrogens with one attached hydrogen (secondary N) is 2. The standard InChI is InChI=1S/C23H34N4O3/c1-7-24-23(25-15-18-10-13-20(29-5)14-22(18)30-6)26-16-21(27(2)3)17-8-11-19(28-4)12-9-17/h8-14,21H,7,15-16H2,1-6H3,(H2,24,25,26). The minimum atomic E-state index is 0.190. The molecule has 30 heavy (non-hydrogen) atoms. The van der Waals surface area contributed by atoms with E-state index in [1.54, 1.807) is 21.3 Å². The first-order valence-electron chi connectivity index (χ1n) is 10.1. The average molecular weight is 415 g/mol. The number of nitrogens with zero attached hydrogens (tertiary/aromatic N) is 2. The van der Waals surface area contributed by atoms with Gasteiger partial charge in [-0.1, -0.05) is 12.1 Å². The Balaban J connectivity index is 2.11. The number of rotatable bonds is 10. The molecule has 2 rings (SSSR count). The van der Waals surface area contributed by atoms with Gasteiger partial charge in [-0.2, -0.15) is 0 Å². The summed E-state index contributed by atoms with van der Waals surface area (Å²) in [7, 11) is 9.12. The molecular weight excluding hydrogens is 380 g/mol. The molecule has 2 N–H and O–H groups in total. The Morgan fingerprint density at radius 1 is 0.933 bits per heavy atom. The van der Waals surface area contributed by atoms with Crippen molar-refractivity contribution in [3.63, 3.8) is 0 Å². The van der Waals surface area contributed by atoms with Crippen LogP contribution in [0.15, 0.2) is 47.5 Å². The van der Waals surface area contributed by atoms with Crippen LogP contribution in [0, 0.1) is 0 Å². The molecule has 1 unspecified atom stereocenters. The molecule has 0 saturated heterocycles. The highest BCUT2D eigenvalue weighted by Gasteiger charge is 2.15. The summed E-state index contributed by atoms with van der Waals surface area (Å²) in [6, 6.07) is 14.1. The van der Waals surface area contributed by atoms with Crippen molar-refractivity contribution in [1.29, 1.82) is 0 Å². The van der Waals surface area contributed by atoms with Crippen LogP contribution in [-0.4, -0.2) is 59.4 Å². The van der Waals surface area contributed by atoms with Gasteiger partial charge in [-0.25, -0.2) is 4.99 Å². The summed E-state index contributed by atoms with van der Waals surface area (Å²) in [6.07, 6.45) is 0. The second kappa shape index (κ2) is 11.9. The Hall–Kier alpha value is -2.93.